The first-order valence-electron chi connectivity index (χ1n) is 9.13. The molecule has 164 valence electrons. The van der Waals surface area contributed by atoms with E-state index in [0.717, 1.165) is 17.7 Å². The summed E-state index contributed by atoms with van der Waals surface area (Å²) in [5, 5.41) is 15.9. The number of amides is 1. The zero-order valence-electron chi connectivity index (χ0n) is 16.6. The Bertz CT molecular complexity index is 1110. The number of carbonyl (C=O) groups excluding carboxylic acids is 1. The number of halogens is 4. The number of nitrogens with one attached hydrogen (secondary N) is 1. The molecule has 1 aromatic heterocycles. The van der Waals surface area contributed by atoms with Crippen LogP contribution in [-0.4, -0.2) is 33.6 Å². The van der Waals surface area contributed by atoms with E-state index in [9.17, 15) is 27.5 Å². The van der Waals surface area contributed by atoms with E-state index in [2.05, 4.69) is 10.4 Å². The zero-order chi connectivity index (χ0) is 22.8. The van der Waals surface area contributed by atoms with Gasteiger partial charge in [-0.3, -0.25) is 9.48 Å². The summed E-state index contributed by atoms with van der Waals surface area (Å²) in [5.74, 6) is -2.15. The van der Waals surface area contributed by atoms with Gasteiger partial charge in [-0.2, -0.15) is 18.3 Å². The van der Waals surface area contributed by atoms with E-state index in [1.807, 2.05) is 0 Å². The van der Waals surface area contributed by atoms with Crippen molar-refractivity contribution < 1.29 is 32.2 Å². The van der Waals surface area contributed by atoms with Gasteiger partial charge in [0.2, 0.25) is 0 Å². The third kappa shape index (κ3) is 5.21. The Labute approximate surface area is 175 Å². The Balaban J connectivity index is 2.03. The molecule has 0 unspecified atom stereocenters. The van der Waals surface area contributed by atoms with Crippen LogP contribution in [0.15, 0.2) is 42.5 Å². The molecular formula is C21H19F4N3O3. The number of para-hydroxylation sites is 1. The molecule has 2 aromatic carbocycles. The van der Waals surface area contributed by atoms with Gasteiger partial charge in [0.1, 0.15) is 11.6 Å². The maximum atomic E-state index is 14.8. The van der Waals surface area contributed by atoms with Crippen molar-refractivity contribution in [3.8, 4) is 17.0 Å². The van der Waals surface area contributed by atoms with E-state index in [0.29, 0.717) is 11.4 Å². The highest BCUT2D eigenvalue weighted by atomic mass is 19.4. The fraction of sp³-hybridized carbons (Fsp3) is 0.238. The predicted molar refractivity (Wildman–Crippen MR) is 105 cm³/mol. The number of rotatable bonds is 6. The molecule has 6 nitrogen and oxygen atoms in total. The molecule has 1 heterocycles. The molecule has 0 fully saturated rings. The summed E-state index contributed by atoms with van der Waals surface area (Å²) in [6, 6.07) is 9.97. The van der Waals surface area contributed by atoms with E-state index in [1.165, 1.54) is 17.8 Å². The summed E-state index contributed by atoms with van der Waals surface area (Å²) in [6.45, 7) is -0.285. The molecule has 10 heteroatoms. The quantitative estimate of drug-likeness (QED) is 0.567. The molecule has 0 saturated heterocycles. The van der Waals surface area contributed by atoms with E-state index < -0.39 is 35.8 Å². The van der Waals surface area contributed by atoms with Crippen molar-refractivity contribution in [2.24, 2.45) is 7.05 Å². The smallest absolute Gasteiger partial charge is 0.422 e. The van der Waals surface area contributed by atoms with Gasteiger partial charge in [-0.15, -0.1) is 0 Å². The number of ether oxygens (including phenoxy) is 1. The normalized spacial score (nSPS) is 11.5. The Hall–Kier alpha value is -3.40. The lowest BCUT2D eigenvalue weighted by atomic mass is 10.1. The van der Waals surface area contributed by atoms with Gasteiger partial charge < -0.3 is 15.2 Å². The highest BCUT2D eigenvalue weighted by Crippen LogP contribution is 2.32. The highest BCUT2D eigenvalue weighted by Gasteiger charge is 2.30. The Morgan fingerprint density at radius 3 is 2.55 bits per heavy atom. The summed E-state index contributed by atoms with van der Waals surface area (Å²) in [7, 11) is 1.53. The van der Waals surface area contributed by atoms with Gasteiger partial charge in [0.15, 0.2) is 6.61 Å². The highest BCUT2D eigenvalue weighted by molar-refractivity contribution is 6.07. The first kappa shape index (κ1) is 22.3. The lowest BCUT2D eigenvalue weighted by Gasteiger charge is -2.15. The van der Waals surface area contributed by atoms with Crippen LogP contribution in [0.5, 0.6) is 5.75 Å². The molecule has 0 radical (unpaired) electrons. The molecule has 2 N–H and O–H groups in total. The van der Waals surface area contributed by atoms with Crippen LogP contribution in [0.3, 0.4) is 0 Å². The molecular weight excluding hydrogens is 418 g/mol. The van der Waals surface area contributed by atoms with Crippen LogP contribution < -0.4 is 10.1 Å². The second-order valence-corrected chi connectivity index (χ2v) is 6.80. The maximum absolute atomic E-state index is 14.8. The van der Waals surface area contributed by atoms with Crippen LogP contribution in [0, 0.1) is 12.7 Å². The number of nitrogens with zero attached hydrogens (tertiary/aromatic N) is 2. The summed E-state index contributed by atoms with van der Waals surface area (Å²) in [5.41, 5.74) is 1.03. The van der Waals surface area contributed by atoms with Crippen molar-refractivity contribution in [2.75, 3.05) is 11.9 Å². The summed E-state index contributed by atoms with van der Waals surface area (Å²) in [6.07, 6.45) is -4.66. The first-order valence-corrected chi connectivity index (χ1v) is 9.13. The van der Waals surface area contributed by atoms with Crippen LogP contribution in [0.25, 0.3) is 11.3 Å². The van der Waals surface area contributed by atoms with Gasteiger partial charge in [-0.25, -0.2) is 4.39 Å². The van der Waals surface area contributed by atoms with Crippen molar-refractivity contribution in [1.82, 2.24) is 9.78 Å². The molecule has 0 atom stereocenters. The van der Waals surface area contributed by atoms with Crippen LogP contribution >= 0.6 is 0 Å². The summed E-state index contributed by atoms with van der Waals surface area (Å²) in [4.78, 5) is 12.7. The zero-order valence-corrected chi connectivity index (χ0v) is 16.6. The van der Waals surface area contributed by atoms with Crippen LogP contribution in [0.2, 0.25) is 0 Å². The van der Waals surface area contributed by atoms with Crippen molar-refractivity contribution in [3.63, 3.8) is 0 Å². The number of hydrogen-bond donors (Lipinski definition) is 2. The Morgan fingerprint density at radius 2 is 1.94 bits per heavy atom. The minimum Gasteiger partial charge on any atom is -0.483 e. The number of aliphatic hydroxyl groups excluding tert-OH is 1. The molecule has 3 aromatic rings. The predicted octanol–water partition coefficient (Wildman–Crippen LogP) is 4.22. The minimum absolute atomic E-state index is 0.0757. The number of anilines is 1. The van der Waals surface area contributed by atoms with E-state index >= 15 is 0 Å². The molecule has 0 aliphatic heterocycles. The number of aromatic nitrogens is 2. The number of hydrogen-bond acceptors (Lipinski definition) is 4. The van der Waals surface area contributed by atoms with Crippen LogP contribution in [-0.2, 0) is 13.7 Å². The van der Waals surface area contributed by atoms with Crippen molar-refractivity contribution in [3.05, 3.63) is 65.1 Å². The maximum Gasteiger partial charge on any atom is 0.422 e. The molecule has 1 amide bonds. The lowest BCUT2D eigenvalue weighted by molar-refractivity contribution is -0.153. The monoisotopic (exact) mass is 437 g/mol. The number of alkyl halides is 3. The Kier molecular flexibility index (Phi) is 6.30. The van der Waals surface area contributed by atoms with Crippen molar-refractivity contribution in [1.29, 1.82) is 0 Å². The van der Waals surface area contributed by atoms with Crippen LogP contribution in [0.1, 0.15) is 21.6 Å². The second-order valence-electron chi connectivity index (χ2n) is 6.80. The number of aliphatic hydroxyl groups is 1. The lowest BCUT2D eigenvalue weighted by Crippen LogP contribution is -2.21. The number of benzene rings is 2. The van der Waals surface area contributed by atoms with Gasteiger partial charge in [-0.05, 0) is 36.8 Å². The average molecular weight is 437 g/mol. The topological polar surface area (TPSA) is 76.4 Å². The number of carbonyl (C=O) groups is 1. The fourth-order valence-electron chi connectivity index (χ4n) is 2.89. The first-order chi connectivity index (χ1) is 14.6. The second kappa shape index (κ2) is 8.76. The third-order valence-corrected chi connectivity index (χ3v) is 4.51. The summed E-state index contributed by atoms with van der Waals surface area (Å²) >= 11 is 0. The van der Waals surface area contributed by atoms with Gasteiger partial charge in [-0.1, -0.05) is 18.2 Å². The SMILES string of the molecule is Cc1ccccc1NC(=O)c1cc(F)c(-c2cc(CO)n(C)n2)cc1OCC(F)(F)F. The molecule has 31 heavy (non-hydrogen) atoms. The largest absolute Gasteiger partial charge is 0.483 e. The van der Waals surface area contributed by atoms with Gasteiger partial charge in [0.05, 0.1) is 23.6 Å². The average Bonchev–Trinajstić information content (AvgIpc) is 3.08. The van der Waals surface area contributed by atoms with E-state index in [4.69, 9.17) is 4.74 Å². The van der Waals surface area contributed by atoms with Crippen molar-refractivity contribution in [2.45, 2.75) is 19.7 Å². The number of aryl methyl sites for hydroxylation is 2. The van der Waals surface area contributed by atoms with Gasteiger partial charge in [0, 0.05) is 18.3 Å². The van der Waals surface area contributed by atoms with Crippen LogP contribution in [0.4, 0.5) is 23.2 Å². The van der Waals surface area contributed by atoms with E-state index in [1.54, 1.807) is 31.2 Å². The molecule has 0 saturated carbocycles. The third-order valence-electron chi connectivity index (χ3n) is 4.51. The van der Waals surface area contributed by atoms with Gasteiger partial charge >= 0.3 is 6.18 Å². The molecule has 0 aliphatic rings. The standard InChI is InChI=1S/C21H19F4N3O3/c1-12-5-3-4-6-17(12)26-20(30)15-8-16(22)14(9-19(15)31-11-21(23,24)25)18-7-13(10-29)28(2)27-18/h3-9,29H,10-11H2,1-2H3,(H,26,30). The summed E-state index contributed by atoms with van der Waals surface area (Å²) < 4.78 is 59.2. The van der Waals surface area contributed by atoms with Crippen molar-refractivity contribution >= 4 is 11.6 Å². The van der Waals surface area contributed by atoms with Gasteiger partial charge in [0.25, 0.3) is 5.91 Å². The van der Waals surface area contributed by atoms with E-state index in [-0.39, 0.29) is 17.9 Å². The fourth-order valence-corrected chi connectivity index (χ4v) is 2.89. The Morgan fingerprint density at radius 1 is 1.23 bits per heavy atom. The molecule has 3 rings (SSSR count). The molecule has 0 aliphatic carbocycles. The minimum atomic E-state index is -4.66. The molecule has 0 spiro atoms. The molecule has 0 bridgehead atoms.